The minimum atomic E-state index is -1.29. The fourth-order valence-corrected chi connectivity index (χ4v) is 6.14. The van der Waals surface area contributed by atoms with E-state index in [4.69, 9.17) is 15.0 Å². The minimum Gasteiger partial charge on any atom is -0.477 e. The van der Waals surface area contributed by atoms with Crippen LogP contribution in [0.2, 0.25) is 0 Å². The molecule has 0 aliphatic carbocycles. The number of β-lactam (4-membered cyclic amide) rings is 1. The number of carboxylic acid groups (broad SMARTS) is 1. The van der Waals surface area contributed by atoms with E-state index in [0.29, 0.717) is 5.57 Å². The van der Waals surface area contributed by atoms with Gasteiger partial charge in [-0.3, -0.25) is 19.3 Å². The van der Waals surface area contributed by atoms with Gasteiger partial charge in [0, 0.05) is 16.9 Å². The second-order valence-electron chi connectivity index (χ2n) is 6.87. The van der Waals surface area contributed by atoms with Gasteiger partial charge in [-0.15, -0.1) is 35.5 Å². The minimum absolute atomic E-state index is 0. The van der Waals surface area contributed by atoms with Crippen LogP contribution in [0, 0.1) is 0 Å². The standard InChI is InChI=1S/C19H17N5O7S3.ClH/c1-30-23-11(9-7-34-19(20)21-9)14(25)22-12-15(26)24-13(17(27)28)8(5-32-16(12)24)6-33-18(29)10-3-2-4-31-10;/h2-4,7,12,16H,5-6H2,1H3,(H2,20,21)(H,22,25)(H,27,28);1H/b23-11-;/t12-,16+;/m0./s1. The third-order valence-electron chi connectivity index (χ3n) is 4.80. The monoisotopic (exact) mass is 559 g/mol. The molecular formula is C19H18ClN5O7S3. The highest BCUT2D eigenvalue weighted by atomic mass is 35.5. The first-order valence-corrected chi connectivity index (χ1v) is 12.5. The number of nitrogen functional groups attached to an aromatic ring is 1. The van der Waals surface area contributed by atoms with Crippen molar-refractivity contribution in [3.8, 4) is 0 Å². The number of fused-ring (bicyclic) bond motifs is 1. The first kappa shape index (κ1) is 26.6. The zero-order valence-electron chi connectivity index (χ0n) is 17.8. The van der Waals surface area contributed by atoms with Crippen molar-refractivity contribution in [1.29, 1.82) is 0 Å². The first-order valence-electron chi connectivity index (χ1n) is 9.55. The molecule has 0 bridgehead atoms. The Morgan fingerprint density at radius 3 is 2.83 bits per heavy atom. The summed E-state index contributed by atoms with van der Waals surface area (Å²) in [4.78, 5) is 59.6. The van der Waals surface area contributed by atoms with Crippen LogP contribution in [-0.2, 0) is 19.2 Å². The van der Waals surface area contributed by atoms with Gasteiger partial charge in [0.25, 0.3) is 16.9 Å². The summed E-state index contributed by atoms with van der Waals surface area (Å²) in [5.41, 5.74) is 5.89. The van der Waals surface area contributed by atoms with Crippen molar-refractivity contribution in [1.82, 2.24) is 15.2 Å². The van der Waals surface area contributed by atoms with Crippen LogP contribution >= 0.6 is 47.3 Å². The molecule has 2 aromatic heterocycles. The number of nitrogens with two attached hydrogens (primary N) is 1. The molecule has 2 atom stereocenters. The maximum atomic E-state index is 12.8. The number of amides is 2. The van der Waals surface area contributed by atoms with Crippen LogP contribution in [0.4, 0.5) is 5.13 Å². The number of halogens is 1. The molecule has 2 amide bonds. The van der Waals surface area contributed by atoms with Crippen LogP contribution in [0.15, 0.2) is 44.6 Å². The fraction of sp³-hybridized carbons (Fsp3) is 0.263. The number of thiazole rings is 1. The quantitative estimate of drug-likeness (QED) is 0.242. The fourth-order valence-electron chi connectivity index (χ4n) is 3.31. The van der Waals surface area contributed by atoms with Crippen LogP contribution < -0.4 is 11.1 Å². The number of carbonyl (C=O) groups is 4. The van der Waals surface area contributed by atoms with Crippen molar-refractivity contribution in [2.75, 3.05) is 24.3 Å². The van der Waals surface area contributed by atoms with Crippen LogP contribution in [0.25, 0.3) is 0 Å². The summed E-state index contributed by atoms with van der Waals surface area (Å²) >= 11 is 3.29. The lowest BCUT2D eigenvalue weighted by Crippen LogP contribution is -2.71. The summed E-state index contributed by atoms with van der Waals surface area (Å²) in [5.74, 6) is -2.08. The van der Waals surface area contributed by atoms with Gasteiger partial charge in [0.2, 0.25) is 0 Å². The number of aliphatic carboxylic acids is 1. The van der Waals surface area contributed by atoms with Crippen LogP contribution in [0.5, 0.6) is 0 Å². The molecule has 2 aliphatic heterocycles. The molecule has 2 aromatic rings. The summed E-state index contributed by atoms with van der Waals surface area (Å²) in [7, 11) is 1.26. The SMILES string of the molecule is CO/N=C(\C(=O)N[C@H]1C(=O)N2C(C(=O)O)=C(CSC(=O)c3ccco3)CS[C@H]12)c1csc(N)n1.Cl. The molecule has 16 heteroatoms. The Labute approximate surface area is 216 Å². The van der Waals surface area contributed by atoms with Gasteiger partial charge >= 0.3 is 5.97 Å². The highest BCUT2D eigenvalue weighted by Crippen LogP contribution is 2.41. The third kappa shape index (κ3) is 5.32. The maximum absolute atomic E-state index is 12.8. The lowest BCUT2D eigenvalue weighted by Gasteiger charge is -2.49. The number of anilines is 1. The molecule has 0 spiro atoms. The number of hydrogen-bond donors (Lipinski definition) is 3. The molecule has 35 heavy (non-hydrogen) atoms. The Morgan fingerprint density at radius 2 is 2.23 bits per heavy atom. The smallest absolute Gasteiger partial charge is 0.352 e. The summed E-state index contributed by atoms with van der Waals surface area (Å²) in [6, 6.07) is 2.13. The number of furan rings is 1. The number of nitrogens with zero attached hydrogens (tertiary/aromatic N) is 3. The molecule has 4 N–H and O–H groups in total. The molecular weight excluding hydrogens is 542 g/mol. The van der Waals surface area contributed by atoms with Crippen molar-refractivity contribution in [2.24, 2.45) is 5.16 Å². The summed E-state index contributed by atoms with van der Waals surface area (Å²) in [6.45, 7) is 0. The zero-order valence-corrected chi connectivity index (χ0v) is 21.1. The topological polar surface area (TPSA) is 177 Å². The normalized spacial score (nSPS) is 19.4. The highest BCUT2D eigenvalue weighted by Gasteiger charge is 2.54. The van der Waals surface area contributed by atoms with E-state index in [0.717, 1.165) is 28.0 Å². The van der Waals surface area contributed by atoms with Crippen molar-refractivity contribution in [3.63, 3.8) is 0 Å². The lowest BCUT2D eigenvalue weighted by atomic mass is 10.0. The van der Waals surface area contributed by atoms with Gasteiger partial charge in [-0.05, 0) is 17.7 Å². The summed E-state index contributed by atoms with van der Waals surface area (Å²) in [5, 5.41) is 16.8. The van der Waals surface area contributed by atoms with E-state index in [2.05, 4.69) is 15.5 Å². The number of nitrogens with one attached hydrogen (secondary N) is 1. The van der Waals surface area contributed by atoms with Gasteiger partial charge in [0.1, 0.15) is 29.9 Å². The zero-order chi connectivity index (χ0) is 24.4. The number of carboxylic acids is 1. The molecule has 0 aromatic carbocycles. The number of thioether (sulfide) groups is 2. The van der Waals surface area contributed by atoms with Crippen LogP contribution in [0.3, 0.4) is 0 Å². The lowest BCUT2D eigenvalue weighted by molar-refractivity contribution is -0.150. The molecule has 4 heterocycles. The van der Waals surface area contributed by atoms with Gasteiger partial charge in [0.15, 0.2) is 16.6 Å². The molecule has 0 unspecified atom stereocenters. The second kappa shape index (κ2) is 11.2. The van der Waals surface area contributed by atoms with E-state index in [-0.39, 0.29) is 57.0 Å². The average molecular weight is 560 g/mol. The van der Waals surface area contributed by atoms with Crippen LogP contribution in [0.1, 0.15) is 16.2 Å². The van der Waals surface area contributed by atoms with E-state index in [1.165, 1.54) is 36.6 Å². The van der Waals surface area contributed by atoms with Gasteiger partial charge in [-0.2, -0.15) is 0 Å². The Bertz CT molecular complexity index is 1210. The van der Waals surface area contributed by atoms with Gasteiger partial charge < -0.3 is 25.4 Å². The van der Waals surface area contributed by atoms with E-state index < -0.39 is 29.2 Å². The molecule has 1 fully saturated rings. The maximum Gasteiger partial charge on any atom is 0.352 e. The van der Waals surface area contributed by atoms with Gasteiger partial charge in [0.05, 0.1) is 6.26 Å². The Balaban J connectivity index is 0.00000342. The molecule has 12 nitrogen and oxygen atoms in total. The summed E-state index contributed by atoms with van der Waals surface area (Å²) < 4.78 is 5.05. The van der Waals surface area contributed by atoms with Gasteiger partial charge in [-0.25, -0.2) is 9.78 Å². The largest absolute Gasteiger partial charge is 0.477 e. The number of oxime groups is 1. The van der Waals surface area contributed by atoms with Crippen molar-refractivity contribution in [2.45, 2.75) is 11.4 Å². The molecule has 4 rings (SSSR count). The third-order valence-corrected chi connectivity index (χ3v) is 7.77. The molecule has 0 radical (unpaired) electrons. The summed E-state index contributed by atoms with van der Waals surface area (Å²) in [6.07, 6.45) is 1.37. The predicted molar refractivity (Wildman–Crippen MR) is 133 cm³/mol. The van der Waals surface area contributed by atoms with E-state index in [9.17, 15) is 24.3 Å². The first-order chi connectivity index (χ1) is 16.3. The number of carbonyl (C=O) groups excluding carboxylic acids is 3. The van der Waals surface area contributed by atoms with E-state index >= 15 is 0 Å². The molecule has 0 saturated carbocycles. The molecule has 186 valence electrons. The number of rotatable bonds is 8. The second-order valence-corrected chi connectivity index (χ2v) is 9.81. The van der Waals surface area contributed by atoms with Crippen molar-refractivity contribution in [3.05, 3.63) is 46.5 Å². The number of hydrogen-bond acceptors (Lipinski definition) is 12. The molecule has 1 saturated heterocycles. The Hall–Kier alpha value is -3.01. The highest BCUT2D eigenvalue weighted by molar-refractivity contribution is 8.14. The van der Waals surface area contributed by atoms with Crippen molar-refractivity contribution < 1.29 is 33.5 Å². The van der Waals surface area contributed by atoms with E-state index in [1.807, 2.05) is 0 Å². The number of aromatic nitrogens is 1. The predicted octanol–water partition coefficient (Wildman–Crippen LogP) is 1.40. The van der Waals surface area contributed by atoms with E-state index in [1.54, 1.807) is 6.07 Å². The molecule has 2 aliphatic rings. The Kier molecular flexibility index (Phi) is 8.47. The van der Waals surface area contributed by atoms with Gasteiger partial charge in [-0.1, -0.05) is 16.9 Å². The van der Waals surface area contributed by atoms with Crippen LogP contribution in [-0.4, -0.2) is 73.6 Å². The Morgan fingerprint density at radius 1 is 1.46 bits per heavy atom. The average Bonchev–Trinajstić information content (AvgIpc) is 3.50. The van der Waals surface area contributed by atoms with Crippen molar-refractivity contribution >= 4 is 81.0 Å².